The maximum atomic E-state index is 4.46. The molecule has 2 rings (SSSR count). The zero-order valence-electron chi connectivity index (χ0n) is 12.3. The Hall–Kier alpha value is -0.970. The Labute approximate surface area is 116 Å². The molecule has 1 aliphatic rings. The zero-order chi connectivity index (χ0) is 13.7. The molecule has 0 amide bonds. The summed E-state index contributed by atoms with van der Waals surface area (Å²) in [5, 5.41) is 3.49. The molecule has 0 radical (unpaired) electrons. The SMILES string of the molecule is CNC(Cc1ccccn1)C1CN(C)CCCN1C. The Morgan fingerprint density at radius 2 is 2.21 bits per heavy atom. The van der Waals surface area contributed by atoms with Crippen LogP contribution in [0.1, 0.15) is 12.1 Å². The van der Waals surface area contributed by atoms with Gasteiger partial charge in [-0.15, -0.1) is 0 Å². The molecule has 1 aromatic rings. The van der Waals surface area contributed by atoms with Crippen molar-refractivity contribution in [3.05, 3.63) is 30.1 Å². The minimum Gasteiger partial charge on any atom is -0.315 e. The lowest BCUT2D eigenvalue weighted by molar-refractivity contribution is 0.181. The van der Waals surface area contributed by atoms with Gasteiger partial charge >= 0.3 is 0 Å². The third kappa shape index (κ3) is 4.00. The normalized spacial score (nSPS) is 24.1. The average Bonchev–Trinajstić information content (AvgIpc) is 2.59. The summed E-state index contributed by atoms with van der Waals surface area (Å²) in [6.07, 6.45) is 4.12. The predicted octanol–water partition coefficient (Wildman–Crippen LogP) is 0.848. The molecule has 0 bridgehead atoms. The van der Waals surface area contributed by atoms with Crippen molar-refractivity contribution in [3.8, 4) is 0 Å². The first-order valence-electron chi connectivity index (χ1n) is 7.16. The Morgan fingerprint density at radius 1 is 1.37 bits per heavy atom. The molecule has 1 fully saturated rings. The molecule has 0 aromatic carbocycles. The van der Waals surface area contributed by atoms with Crippen LogP contribution < -0.4 is 5.32 Å². The van der Waals surface area contributed by atoms with Gasteiger partial charge in [-0.1, -0.05) is 6.07 Å². The van der Waals surface area contributed by atoms with Crippen molar-refractivity contribution in [1.82, 2.24) is 20.1 Å². The summed E-state index contributed by atoms with van der Waals surface area (Å²) in [5.74, 6) is 0. The van der Waals surface area contributed by atoms with E-state index in [0.29, 0.717) is 12.1 Å². The summed E-state index contributed by atoms with van der Waals surface area (Å²) in [7, 11) is 6.53. The molecule has 1 aromatic heterocycles. The van der Waals surface area contributed by atoms with Gasteiger partial charge in [0.05, 0.1) is 0 Å². The standard InChI is InChI=1S/C15H26N4/c1-16-14(11-13-7-4-5-8-17-13)15-12-18(2)9-6-10-19(15)3/h4-5,7-8,14-16H,6,9-12H2,1-3H3. The van der Waals surface area contributed by atoms with Crippen molar-refractivity contribution in [2.75, 3.05) is 40.8 Å². The van der Waals surface area contributed by atoms with Crippen LogP contribution in [-0.2, 0) is 6.42 Å². The van der Waals surface area contributed by atoms with E-state index in [1.807, 2.05) is 12.3 Å². The van der Waals surface area contributed by atoms with Crippen LogP contribution >= 0.6 is 0 Å². The van der Waals surface area contributed by atoms with Crippen molar-refractivity contribution in [3.63, 3.8) is 0 Å². The first-order chi connectivity index (χ1) is 9.20. The zero-order valence-corrected chi connectivity index (χ0v) is 12.3. The Kier molecular flexibility index (Phi) is 5.31. The molecule has 0 spiro atoms. The molecule has 1 aliphatic heterocycles. The van der Waals surface area contributed by atoms with Crippen LogP contribution in [0.3, 0.4) is 0 Å². The molecule has 2 heterocycles. The van der Waals surface area contributed by atoms with Crippen LogP contribution in [0, 0.1) is 0 Å². The molecule has 106 valence electrons. The van der Waals surface area contributed by atoms with Crippen molar-refractivity contribution in [2.45, 2.75) is 24.9 Å². The summed E-state index contributed by atoms with van der Waals surface area (Å²) in [4.78, 5) is 9.39. The van der Waals surface area contributed by atoms with Gasteiger partial charge in [0.2, 0.25) is 0 Å². The number of rotatable bonds is 4. The molecule has 1 N–H and O–H groups in total. The van der Waals surface area contributed by atoms with E-state index in [9.17, 15) is 0 Å². The molecule has 4 nitrogen and oxygen atoms in total. The van der Waals surface area contributed by atoms with E-state index in [-0.39, 0.29) is 0 Å². The molecule has 2 atom stereocenters. The second-order valence-corrected chi connectivity index (χ2v) is 5.58. The van der Waals surface area contributed by atoms with Crippen molar-refractivity contribution >= 4 is 0 Å². The lowest BCUT2D eigenvalue weighted by Gasteiger charge is -2.34. The van der Waals surface area contributed by atoms with E-state index in [2.05, 4.69) is 53.4 Å². The Balaban J connectivity index is 2.06. The predicted molar refractivity (Wildman–Crippen MR) is 79.3 cm³/mol. The molecule has 1 saturated heterocycles. The number of hydrogen-bond donors (Lipinski definition) is 1. The Bertz CT molecular complexity index is 368. The van der Waals surface area contributed by atoms with Crippen molar-refractivity contribution in [2.24, 2.45) is 0 Å². The van der Waals surface area contributed by atoms with Gasteiger partial charge in [-0.05, 0) is 52.8 Å². The average molecular weight is 262 g/mol. The minimum atomic E-state index is 0.445. The maximum absolute atomic E-state index is 4.46. The summed E-state index contributed by atoms with van der Waals surface area (Å²) in [5.41, 5.74) is 1.17. The molecule has 0 aliphatic carbocycles. The Morgan fingerprint density at radius 3 is 2.89 bits per heavy atom. The first-order valence-corrected chi connectivity index (χ1v) is 7.16. The molecular weight excluding hydrogens is 236 g/mol. The van der Waals surface area contributed by atoms with Crippen LogP contribution in [0.5, 0.6) is 0 Å². The van der Waals surface area contributed by atoms with Gasteiger partial charge in [0, 0.05) is 36.9 Å². The van der Waals surface area contributed by atoms with E-state index in [1.54, 1.807) is 0 Å². The highest BCUT2D eigenvalue weighted by atomic mass is 15.2. The molecular formula is C15H26N4. The number of aromatic nitrogens is 1. The summed E-state index contributed by atoms with van der Waals surface area (Å²) in [6, 6.07) is 7.14. The lowest BCUT2D eigenvalue weighted by atomic mass is 10.0. The van der Waals surface area contributed by atoms with E-state index in [1.165, 1.54) is 25.2 Å². The lowest BCUT2D eigenvalue weighted by Crippen LogP contribution is -2.52. The third-order valence-corrected chi connectivity index (χ3v) is 4.11. The fourth-order valence-electron chi connectivity index (χ4n) is 2.91. The fraction of sp³-hybridized carbons (Fsp3) is 0.667. The fourth-order valence-corrected chi connectivity index (χ4v) is 2.91. The van der Waals surface area contributed by atoms with Crippen molar-refractivity contribution < 1.29 is 0 Å². The summed E-state index contributed by atoms with van der Waals surface area (Å²) in [6.45, 7) is 3.49. The van der Waals surface area contributed by atoms with Gasteiger partial charge in [-0.25, -0.2) is 0 Å². The van der Waals surface area contributed by atoms with Gasteiger partial charge in [0.1, 0.15) is 0 Å². The van der Waals surface area contributed by atoms with Gasteiger partial charge in [0.15, 0.2) is 0 Å². The van der Waals surface area contributed by atoms with Gasteiger partial charge in [0.25, 0.3) is 0 Å². The maximum Gasteiger partial charge on any atom is 0.0419 e. The molecule has 2 unspecified atom stereocenters. The topological polar surface area (TPSA) is 31.4 Å². The van der Waals surface area contributed by atoms with Gasteiger partial charge in [-0.3, -0.25) is 4.98 Å². The van der Waals surface area contributed by atoms with E-state index < -0.39 is 0 Å². The van der Waals surface area contributed by atoms with Gasteiger partial charge < -0.3 is 15.1 Å². The quantitative estimate of drug-likeness (QED) is 0.871. The van der Waals surface area contributed by atoms with Gasteiger partial charge in [-0.2, -0.15) is 0 Å². The van der Waals surface area contributed by atoms with Crippen molar-refractivity contribution in [1.29, 1.82) is 0 Å². The van der Waals surface area contributed by atoms with Crippen LogP contribution in [0.25, 0.3) is 0 Å². The number of nitrogens with zero attached hydrogens (tertiary/aromatic N) is 3. The minimum absolute atomic E-state index is 0.445. The van der Waals surface area contributed by atoms with Crippen LogP contribution in [-0.4, -0.2) is 67.6 Å². The molecule has 19 heavy (non-hydrogen) atoms. The molecule has 0 saturated carbocycles. The summed E-state index contributed by atoms with van der Waals surface area (Å²) < 4.78 is 0. The highest BCUT2D eigenvalue weighted by Crippen LogP contribution is 2.13. The molecule has 4 heteroatoms. The number of nitrogens with one attached hydrogen (secondary N) is 1. The second-order valence-electron chi connectivity index (χ2n) is 5.58. The first kappa shape index (κ1) is 14.4. The smallest absolute Gasteiger partial charge is 0.0419 e. The third-order valence-electron chi connectivity index (χ3n) is 4.11. The number of likely N-dealkylation sites (N-methyl/N-ethyl adjacent to an activating group) is 3. The van der Waals surface area contributed by atoms with E-state index in [4.69, 9.17) is 0 Å². The van der Waals surface area contributed by atoms with E-state index in [0.717, 1.165) is 13.0 Å². The highest BCUT2D eigenvalue weighted by Gasteiger charge is 2.27. The van der Waals surface area contributed by atoms with E-state index >= 15 is 0 Å². The van der Waals surface area contributed by atoms with Crippen LogP contribution in [0.15, 0.2) is 24.4 Å². The number of hydrogen-bond acceptors (Lipinski definition) is 4. The second kappa shape index (κ2) is 6.98. The summed E-state index contributed by atoms with van der Waals surface area (Å²) >= 11 is 0. The van der Waals surface area contributed by atoms with Crippen LogP contribution in [0.4, 0.5) is 0 Å². The highest BCUT2D eigenvalue weighted by molar-refractivity contribution is 5.07. The number of pyridine rings is 1. The largest absolute Gasteiger partial charge is 0.315 e. The monoisotopic (exact) mass is 262 g/mol. The van der Waals surface area contributed by atoms with Crippen LogP contribution in [0.2, 0.25) is 0 Å².